The first-order chi connectivity index (χ1) is 27.7. The maximum atomic E-state index is 5.75. The maximum Gasteiger partial charge on any atom is 0.161 e. The molecule has 3 unspecified atom stereocenters. The number of rotatable bonds is 17. The van der Waals surface area contributed by atoms with Crippen LogP contribution in [0.1, 0.15) is 113 Å². The van der Waals surface area contributed by atoms with Crippen LogP contribution in [0.25, 0.3) is 0 Å². The molecule has 3 atom stereocenters. The number of aryl methyl sites for hydroxylation is 2. The van der Waals surface area contributed by atoms with Crippen molar-refractivity contribution in [2.75, 3.05) is 33.8 Å². The molecule has 0 spiro atoms. The fraction of sp³-hybridized carbons (Fsp3) is 0.308. The highest BCUT2D eigenvalue weighted by atomic mass is 16.5. The van der Waals surface area contributed by atoms with Crippen molar-refractivity contribution in [1.82, 2.24) is 0 Å². The van der Waals surface area contributed by atoms with Crippen LogP contribution in [-0.4, -0.2) is 28.4 Å². The average molecular weight is 762 g/mol. The average Bonchev–Trinajstić information content (AvgIpc) is 3.24. The van der Waals surface area contributed by atoms with Crippen LogP contribution >= 0.6 is 0 Å². The van der Waals surface area contributed by atoms with E-state index in [-0.39, 0.29) is 11.8 Å². The Kier molecular flexibility index (Phi) is 13.6. The molecular weight excluding hydrogens is 703 g/mol. The van der Waals surface area contributed by atoms with Crippen LogP contribution in [0.2, 0.25) is 0 Å². The molecular formula is C52H59NO4. The van der Waals surface area contributed by atoms with E-state index in [2.05, 4.69) is 155 Å². The van der Waals surface area contributed by atoms with E-state index < -0.39 is 0 Å². The molecule has 0 saturated heterocycles. The van der Waals surface area contributed by atoms with Gasteiger partial charge in [0.05, 0.1) is 28.4 Å². The van der Waals surface area contributed by atoms with Crippen molar-refractivity contribution >= 4 is 11.4 Å². The molecule has 0 aliphatic carbocycles. The van der Waals surface area contributed by atoms with E-state index in [0.29, 0.717) is 5.92 Å². The summed E-state index contributed by atoms with van der Waals surface area (Å²) in [5.41, 5.74) is 14.6. The largest absolute Gasteiger partial charge is 0.496 e. The smallest absolute Gasteiger partial charge is 0.161 e. The SMILES string of the molecule is CCC(c1ccc(Cc2ccc(Nc3ccc(C(CC)c4ccc(C)c(OC)c4)cc3C(CC)c3ccc(OC)c(OC)c3)cc2)cc1)c1ccc(C)c(OC)c1. The highest BCUT2D eigenvalue weighted by Crippen LogP contribution is 2.41. The molecule has 0 amide bonds. The van der Waals surface area contributed by atoms with E-state index >= 15 is 0 Å². The maximum absolute atomic E-state index is 5.75. The quantitative estimate of drug-likeness (QED) is 0.100. The lowest BCUT2D eigenvalue weighted by molar-refractivity contribution is 0.354. The lowest BCUT2D eigenvalue weighted by atomic mass is 9.82. The minimum atomic E-state index is 0.125. The molecule has 5 nitrogen and oxygen atoms in total. The van der Waals surface area contributed by atoms with Gasteiger partial charge in [0.1, 0.15) is 11.5 Å². The Balaban J connectivity index is 1.27. The van der Waals surface area contributed by atoms with Crippen molar-refractivity contribution in [3.63, 3.8) is 0 Å². The molecule has 296 valence electrons. The Labute approximate surface area is 341 Å². The normalized spacial score (nSPS) is 12.7. The first kappa shape index (κ1) is 41.0. The summed E-state index contributed by atoms with van der Waals surface area (Å²) in [5, 5.41) is 3.82. The van der Waals surface area contributed by atoms with Crippen LogP contribution in [0.3, 0.4) is 0 Å². The molecule has 5 heteroatoms. The second-order valence-corrected chi connectivity index (χ2v) is 15.0. The minimum Gasteiger partial charge on any atom is -0.496 e. The number of hydrogen-bond acceptors (Lipinski definition) is 5. The van der Waals surface area contributed by atoms with E-state index in [1.165, 1.54) is 44.5 Å². The minimum absolute atomic E-state index is 0.125. The molecule has 0 fully saturated rings. The Morgan fingerprint density at radius 1 is 0.421 bits per heavy atom. The van der Waals surface area contributed by atoms with Crippen molar-refractivity contribution in [3.05, 3.63) is 177 Å². The Bertz CT molecular complexity index is 2240. The predicted molar refractivity (Wildman–Crippen MR) is 237 cm³/mol. The third kappa shape index (κ3) is 9.31. The van der Waals surface area contributed by atoms with Gasteiger partial charge in [0, 0.05) is 29.1 Å². The standard InChI is InChI=1S/C52H59NO4/c1-10-44(40-19-13-34(4)50(31-40)55-7)38-21-15-36(16-22-38)29-37-17-25-43(26-18-37)53-48-27-23-39(45(11-2)41-20-14-35(5)51(32-41)56-8)30-47(48)46(12-3)42-24-28-49(54-6)52(33-42)57-9/h13-28,30-33,44-46,53H,10-12,29H2,1-9H3. The molecule has 0 saturated carbocycles. The zero-order valence-electron chi connectivity index (χ0n) is 35.2. The van der Waals surface area contributed by atoms with Gasteiger partial charge in [-0.25, -0.2) is 0 Å². The second kappa shape index (κ2) is 19.0. The van der Waals surface area contributed by atoms with E-state index in [4.69, 9.17) is 18.9 Å². The Hall–Kier alpha value is -5.68. The Morgan fingerprint density at radius 2 is 0.842 bits per heavy atom. The van der Waals surface area contributed by atoms with Crippen LogP contribution < -0.4 is 24.3 Å². The van der Waals surface area contributed by atoms with E-state index in [9.17, 15) is 0 Å². The number of methoxy groups -OCH3 is 4. The lowest BCUT2D eigenvalue weighted by Crippen LogP contribution is -2.08. The summed E-state index contributed by atoms with van der Waals surface area (Å²) < 4.78 is 22.7. The summed E-state index contributed by atoms with van der Waals surface area (Å²) in [7, 11) is 6.87. The van der Waals surface area contributed by atoms with Crippen molar-refractivity contribution in [2.45, 2.75) is 78.1 Å². The zero-order valence-corrected chi connectivity index (χ0v) is 35.2. The fourth-order valence-corrected chi connectivity index (χ4v) is 8.30. The molecule has 0 bridgehead atoms. The molecule has 0 aliphatic heterocycles. The first-order valence-corrected chi connectivity index (χ1v) is 20.3. The summed E-state index contributed by atoms with van der Waals surface area (Å²) in [4.78, 5) is 0. The number of anilines is 2. The lowest BCUT2D eigenvalue weighted by Gasteiger charge is -2.25. The van der Waals surface area contributed by atoms with Crippen LogP contribution in [0.4, 0.5) is 11.4 Å². The number of ether oxygens (including phenoxy) is 4. The monoisotopic (exact) mass is 761 g/mol. The third-order valence-corrected chi connectivity index (χ3v) is 11.6. The topological polar surface area (TPSA) is 49.0 Å². The zero-order chi connectivity index (χ0) is 40.5. The van der Waals surface area contributed by atoms with Gasteiger partial charge in [-0.15, -0.1) is 0 Å². The molecule has 0 heterocycles. The van der Waals surface area contributed by atoms with Gasteiger partial charge in [-0.05, 0) is 138 Å². The molecule has 6 rings (SSSR count). The van der Waals surface area contributed by atoms with E-state index in [0.717, 1.165) is 71.2 Å². The molecule has 0 radical (unpaired) electrons. The summed E-state index contributed by atoms with van der Waals surface area (Å²) in [5.74, 6) is 4.01. The van der Waals surface area contributed by atoms with Gasteiger partial charge in [-0.1, -0.05) is 99.6 Å². The Morgan fingerprint density at radius 3 is 1.37 bits per heavy atom. The highest BCUT2D eigenvalue weighted by Gasteiger charge is 2.22. The fourth-order valence-electron chi connectivity index (χ4n) is 8.30. The summed E-state index contributed by atoms with van der Waals surface area (Å²) in [6.07, 6.45) is 3.78. The van der Waals surface area contributed by atoms with Gasteiger partial charge < -0.3 is 24.3 Å². The molecule has 1 N–H and O–H groups in total. The van der Waals surface area contributed by atoms with Crippen molar-refractivity contribution in [2.24, 2.45) is 0 Å². The van der Waals surface area contributed by atoms with Gasteiger partial charge in [0.2, 0.25) is 0 Å². The van der Waals surface area contributed by atoms with Crippen molar-refractivity contribution < 1.29 is 18.9 Å². The van der Waals surface area contributed by atoms with Crippen LogP contribution in [-0.2, 0) is 6.42 Å². The molecule has 0 aliphatic rings. The van der Waals surface area contributed by atoms with Crippen molar-refractivity contribution in [1.29, 1.82) is 0 Å². The van der Waals surface area contributed by atoms with Gasteiger partial charge in [-0.2, -0.15) is 0 Å². The predicted octanol–water partition coefficient (Wildman–Crippen LogP) is 13.3. The van der Waals surface area contributed by atoms with Gasteiger partial charge in [-0.3, -0.25) is 0 Å². The molecule has 0 aromatic heterocycles. The molecule has 6 aromatic rings. The first-order valence-electron chi connectivity index (χ1n) is 20.3. The summed E-state index contributed by atoms with van der Waals surface area (Å²) >= 11 is 0. The third-order valence-electron chi connectivity index (χ3n) is 11.6. The highest BCUT2D eigenvalue weighted by molar-refractivity contribution is 5.67. The van der Waals surface area contributed by atoms with Gasteiger partial charge in [0.15, 0.2) is 11.5 Å². The summed E-state index contributed by atoms with van der Waals surface area (Å²) in [6.45, 7) is 10.9. The second-order valence-electron chi connectivity index (χ2n) is 15.0. The van der Waals surface area contributed by atoms with Crippen LogP contribution in [0.15, 0.2) is 121 Å². The van der Waals surface area contributed by atoms with Crippen molar-refractivity contribution in [3.8, 4) is 23.0 Å². The van der Waals surface area contributed by atoms with E-state index in [1.54, 1.807) is 28.4 Å². The van der Waals surface area contributed by atoms with Gasteiger partial charge >= 0.3 is 0 Å². The molecule has 6 aromatic carbocycles. The summed E-state index contributed by atoms with van der Waals surface area (Å²) in [6, 6.07) is 44.4. The van der Waals surface area contributed by atoms with E-state index in [1.807, 2.05) is 6.07 Å². The number of benzene rings is 6. The van der Waals surface area contributed by atoms with Gasteiger partial charge in [0.25, 0.3) is 0 Å². The number of hydrogen-bond donors (Lipinski definition) is 1. The van der Waals surface area contributed by atoms with Crippen LogP contribution in [0, 0.1) is 13.8 Å². The number of nitrogens with one attached hydrogen (secondary N) is 1. The molecule has 57 heavy (non-hydrogen) atoms. The van der Waals surface area contributed by atoms with Crippen LogP contribution in [0.5, 0.6) is 23.0 Å².